The van der Waals surface area contributed by atoms with Gasteiger partial charge in [0.15, 0.2) is 17.4 Å². The number of benzene rings is 3. The molecule has 45 heavy (non-hydrogen) atoms. The quantitative estimate of drug-likeness (QED) is 0.206. The molecule has 4 aromatic rings. The van der Waals surface area contributed by atoms with E-state index in [0.717, 1.165) is 12.0 Å². The minimum Gasteiger partial charge on any atom is -0.506 e. The molecule has 0 bridgehead atoms. The SMILES string of the molecule is CCCc1nc(C(=O)N2c3cccc(O)c3NC3=C(C(=O)CC(C)(C)C3)C2c2ccc(OCc3ccccc3)cc2F)c(C)o1. The first kappa shape index (κ1) is 30.1. The molecule has 1 aliphatic carbocycles. The summed E-state index contributed by atoms with van der Waals surface area (Å²) < 4.78 is 28.1. The standard InChI is InChI=1S/C36H36FN3O5/c1-5-10-30-39-32(21(2)45-30)35(43)40-27-13-9-14-28(41)33(27)38-26-18-36(3,4)19-29(42)31(26)34(40)24-16-15-23(17-25(24)37)44-20-22-11-7-6-8-12-22/h6-9,11-17,34,38,41H,5,10,18-20H2,1-4H3. The number of rotatable bonds is 7. The Bertz CT molecular complexity index is 1810. The molecule has 0 spiro atoms. The van der Waals surface area contributed by atoms with Gasteiger partial charge in [-0.25, -0.2) is 9.37 Å². The number of anilines is 2. The molecular weight excluding hydrogens is 573 g/mol. The van der Waals surface area contributed by atoms with Crippen molar-refractivity contribution in [2.75, 3.05) is 10.2 Å². The molecule has 0 saturated heterocycles. The summed E-state index contributed by atoms with van der Waals surface area (Å²) in [5.74, 6) is -0.493. The average Bonchev–Trinajstić information content (AvgIpc) is 3.29. The number of carbonyl (C=O) groups is 2. The van der Waals surface area contributed by atoms with Gasteiger partial charge in [-0.2, -0.15) is 0 Å². The fourth-order valence-corrected chi connectivity index (χ4v) is 6.21. The van der Waals surface area contributed by atoms with E-state index in [-0.39, 0.29) is 52.8 Å². The number of aromatic hydroxyl groups is 1. The van der Waals surface area contributed by atoms with E-state index in [1.165, 1.54) is 17.0 Å². The van der Waals surface area contributed by atoms with E-state index in [4.69, 9.17) is 9.15 Å². The second-order valence-electron chi connectivity index (χ2n) is 12.4. The summed E-state index contributed by atoms with van der Waals surface area (Å²) in [6, 6.07) is 17.6. The number of hydrogen-bond acceptors (Lipinski definition) is 7. The van der Waals surface area contributed by atoms with Gasteiger partial charge in [0, 0.05) is 35.7 Å². The van der Waals surface area contributed by atoms with Crippen molar-refractivity contribution >= 4 is 23.1 Å². The summed E-state index contributed by atoms with van der Waals surface area (Å²) in [5, 5.41) is 14.3. The van der Waals surface area contributed by atoms with E-state index in [9.17, 15) is 14.7 Å². The maximum absolute atomic E-state index is 16.4. The zero-order chi connectivity index (χ0) is 31.9. The Morgan fingerprint density at radius 3 is 2.64 bits per heavy atom. The normalized spacial score (nSPS) is 17.3. The number of aryl methyl sites for hydroxylation is 2. The summed E-state index contributed by atoms with van der Waals surface area (Å²) >= 11 is 0. The number of para-hydroxylation sites is 1. The van der Waals surface area contributed by atoms with Gasteiger partial charge in [-0.15, -0.1) is 0 Å². The second-order valence-corrected chi connectivity index (χ2v) is 12.4. The second kappa shape index (κ2) is 11.9. The minimum atomic E-state index is -1.17. The lowest BCUT2D eigenvalue weighted by Gasteiger charge is -2.37. The van der Waals surface area contributed by atoms with E-state index < -0.39 is 23.2 Å². The van der Waals surface area contributed by atoms with Crippen molar-refractivity contribution in [3.05, 3.63) is 112 Å². The van der Waals surface area contributed by atoms with Gasteiger partial charge in [0.25, 0.3) is 5.91 Å². The number of allylic oxidation sites excluding steroid dienone is 1. The van der Waals surface area contributed by atoms with Crippen LogP contribution in [0.1, 0.15) is 79.3 Å². The van der Waals surface area contributed by atoms with Crippen LogP contribution in [0.4, 0.5) is 15.8 Å². The van der Waals surface area contributed by atoms with Crippen molar-refractivity contribution in [3.63, 3.8) is 0 Å². The molecule has 3 aromatic carbocycles. The predicted octanol–water partition coefficient (Wildman–Crippen LogP) is 7.82. The molecule has 0 saturated carbocycles. The highest BCUT2D eigenvalue weighted by Crippen LogP contribution is 2.51. The van der Waals surface area contributed by atoms with Crippen molar-refractivity contribution in [1.29, 1.82) is 0 Å². The van der Waals surface area contributed by atoms with Gasteiger partial charge in [0.1, 0.15) is 35.4 Å². The molecule has 0 fully saturated rings. The largest absolute Gasteiger partial charge is 0.506 e. The lowest BCUT2D eigenvalue weighted by atomic mass is 9.73. The monoisotopic (exact) mass is 609 g/mol. The number of oxazole rings is 1. The number of Topliss-reactive ketones (excluding diaryl/α,β-unsaturated/α-hetero) is 1. The van der Waals surface area contributed by atoms with E-state index in [1.807, 2.05) is 51.1 Å². The van der Waals surface area contributed by atoms with Crippen molar-refractivity contribution < 1.29 is 28.2 Å². The number of nitrogens with one attached hydrogen (secondary N) is 1. The van der Waals surface area contributed by atoms with Crippen molar-refractivity contribution in [3.8, 4) is 11.5 Å². The van der Waals surface area contributed by atoms with Crippen LogP contribution in [-0.2, 0) is 17.8 Å². The van der Waals surface area contributed by atoms with Crippen LogP contribution in [-0.4, -0.2) is 21.8 Å². The number of aromatic nitrogens is 1. The van der Waals surface area contributed by atoms with E-state index in [1.54, 1.807) is 31.2 Å². The molecule has 2 aliphatic rings. The Morgan fingerprint density at radius 1 is 1.13 bits per heavy atom. The Kier molecular flexibility index (Phi) is 7.95. The highest BCUT2D eigenvalue weighted by molar-refractivity contribution is 6.12. The van der Waals surface area contributed by atoms with E-state index >= 15 is 4.39 Å². The number of carbonyl (C=O) groups excluding carboxylic acids is 2. The van der Waals surface area contributed by atoms with E-state index in [2.05, 4.69) is 10.3 Å². The Balaban J connectivity index is 1.53. The molecule has 9 heteroatoms. The van der Waals surface area contributed by atoms with Crippen LogP contribution < -0.4 is 15.0 Å². The summed E-state index contributed by atoms with van der Waals surface area (Å²) in [7, 11) is 0. The number of ether oxygens (including phenoxy) is 1. The molecule has 8 nitrogen and oxygen atoms in total. The Hall–Kier alpha value is -4.92. The summed E-state index contributed by atoms with van der Waals surface area (Å²) in [4.78, 5) is 34.5. The fourth-order valence-electron chi connectivity index (χ4n) is 6.21. The van der Waals surface area contributed by atoms with Crippen molar-refractivity contribution in [2.24, 2.45) is 5.41 Å². The molecular formula is C36H36FN3O5. The molecule has 2 heterocycles. The molecule has 1 amide bonds. The summed E-state index contributed by atoms with van der Waals surface area (Å²) in [5.41, 5.74) is 2.05. The number of phenolic OH excluding ortho intramolecular Hbond substituents is 1. The third-order valence-corrected chi connectivity index (χ3v) is 8.25. The number of nitrogens with zero attached hydrogens (tertiary/aromatic N) is 2. The molecule has 2 N–H and O–H groups in total. The molecule has 1 unspecified atom stereocenters. The summed E-state index contributed by atoms with van der Waals surface area (Å²) in [6.45, 7) is 7.86. The van der Waals surface area contributed by atoms with Crippen molar-refractivity contribution in [2.45, 2.75) is 66.0 Å². The van der Waals surface area contributed by atoms with Gasteiger partial charge in [0.2, 0.25) is 0 Å². The topological polar surface area (TPSA) is 105 Å². The third-order valence-electron chi connectivity index (χ3n) is 8.25. The number of halogens is 1. The van der Waals surface area contributed by atoms with Gasteiger partial charge in [-0.05, 0) is 55.0 Å². The minimum absolute atomic E-state index is 0.0635. The van der Waals surface area contributed by atoms with Crippen LogP contribution >= 0.6 is 0 Å². The van der Waals surface area contributed by atoms with Crippen LogP contribution in [0.15, 0.2) is 82.4 Å². The maximum atomic E-state index is 16.4. The van der Waals surface area contributed by atoms with Gasteiger partial charge in [-0.1, -0.05) is 57.2 Å². The number of ketones is 1. The molecule has 0 radical (unpaired) electrons. The van der Waals surface area contributed by atoms with Gasteiger partial charge >= 0.3 is 0 Å². The molecule has 1 atom stereocenters. The number of fused-ring (bicyclic) bond motifs is 1. The van der Waals surface area contributed by atoms with Crippen LogP contribution in [0, 0.1) is 18.2 Å². The zero-order valence-corrected chi connectivity index (χ0v) is 25.8. The first-order valence-electron chi connectivity index (χ1n) is 15.2. The highest BCUT2D eigenvalue weighted by atomic mass is 19.1. The number of hydrogen-bond donors (Lipinski definition) is 2. The van der Waals surface area contributed by atoms with Crippen LogP contribution in [0.25, 0.3) is 0 Å². The zero-order valence-electron chi connectivity index (χ0n) is 25.8. The number of amides is 1. The van der Waals surface area contributed by atoms with Crippen LogP contribution in [0.5, 0.6) is 11.5 Å². The summed E-state index contributed by atoms with van der Waals surface area (Å²) in [6.07, 6.45) is 1.96. The Labute approximate surface area is 261 Å². The van der Waals surface area contributed by atoms with Crippen molar-refractivity contribution in [1.82, 2.24) is 4.98 Å². The first-order chi connectivity index (χ1) is 21.6. The fraction of sp³-hybridized carbons (Fsp3) is 0.306. The van der Waals surface area contributed by atoms with Crippen LogP contribution in [0.3, 0.4) is 0 Å². The number of phenols is 1. The molecule has 1 aliphatic heterocycles. The smallest absolute Gasteiger partial charge is 0.281 e. The van der Waals surface area contributed by atoms with Gasteiger partial charge < -0.3 is 19.6 Å². The maximum Gasteiger partial charge on any atom is 0.281 e. The first-order valence-corrected chi connectivity index (χ1v) is 15.2. The lowest BCUT2D eigenvalue weighted by Crippen LogP contribution is -2.40. The molecule has 232 valence electrons. The van der Waals surface area contributed by atoms with Gasteiger partial charge in [-0.3, -0.25) is 14.5 Å². The lowest BCUT2D eigenvalue weighted by molar-refractivity contribution is -0.118. The van der Waals surface area contributed by atoms with Gasteiger partial charge in [0.05, 0.1) is 11.7 Å². The van der Waals surface area contributed by atoms with Crippen LogP contribution in [0.2, 0.25) is 0 Å². The molecule has 6 rings (SSSR count). The third kappa shape index (κ3) is 5.82. The predicted molar refractivity (Wildman–Crippen MR) is 169 cm³/mol. The van der Waals surface area contributed by atoms with E-state index in [0.29, 0.717) is 35.9 Å². The average molecular weight is 610 g/mol. The Morgan fingerprint density at radius 2 is 1.91 bits per heavy atom. The molecule has 1 aromatic heterocycles. The highest BCUT2D eigenvalue weighted by Gasteiger charge is 2.45.